The first-order valence-corrected chi connectivity index (χ1v) is 5.17. The molecule has 1 aromatic rings. The van der Waals surface area contributed by atoms with E-state index in [2.05, 4.69) is 4.74 Å². The Labute approximate surface area is 106 Å². The van der Waals surface area contributed by atoms with Gasteiger partial charge in [-0.25, -0.2) is 4.79 Å². The van der Waals surface area contributed by atoms with Crippen LogP contribution in [0.5, 0.6) is 0 Å². The molecule has 1 aromatic carbocycles. The van der Waals surface area contributed by atoms with Crippen LogP contribution in [-0.4, -0.2) is 13.1 Å². The number of benzene rings is 1. The monoisotopic (exact) mass is 277 g/mol. The topological polar surface area (TPSA) is 50.1 Å². The molecule has 0 amide bonds. The molecule has 0 atom stereocenters. The number of ether oxygens (including phenoxy) is 1. The number of carbonyl (C=O) groups is 1. The molecular formula is C11H7ClF3NO2. The molecule has 0 N–H and O–H groups in total. The van der Waals surface area contributed by atoms with Crippen molar-refractivity contribution < 1.29 is 22.7 Å². The fourth-order valence-electron chi connectivity index (χ4n) is 1.39. The van der Waals surface area contributed by atoms with Crippen LogP contribution in [0, 0.1) is 11.3 Å². The first-order valence-electron chi connectivity index (χ1n) is 4.63. The zero-order valence-corrected chi connectivity index (χ0v) is 9.89. The molecule has 0 unspecified atom stereocenters. The molecule has 0 radical (unpaired) electrons. The molecule has 3 nitrogen and oxygen atoms in total. The predicted octanol–water partition coefficient (Wildman–Crippen LogP) is 3.10. The number of hydrogen-bond donors (Lipinski definition) is 0. The molecular weight excluding hydrogens is 271 g/mol. The Hall–Kier alpha value is -1.74. The minimum atomic E-state index is -4.74. The number of nitrogens with zero attached hydrogens (tertiary/aromatic N) is 1. The second kappa shape index (κ2) is 5.27. The van der Waals surface area contributed by atoms with Gasteiger partial charge < -0.3 is 4.74 Å². The van der Waals surface area contributed by atoms with Gasteiger partial charge in [-0.3, -0.25) is 0 Å². The van der Waals surface area contributed by atoms with Crippen molar-refractivity contribution in [3.05, 3.63) is 34.4 Å². The molecule has 1 rings (SSSR count). The van der Waals surface area contributed by atoms with Crippen LogP contribution < -0.4 is 0 Å². The molecule has 96 valence electrons. The fourth-order valence-corrected chi connectivity index (χ4v) is 1.55. The van der Waals surface area contributed by atoms with Crippen molar-refractivity contribution in [2.24, 2.45) is 0 Å². The lowest BCUT2D eigenvalue weighted by molar-refractivity contribution is -0.137. The van der Waals surface area contributed by atoms with Crippen LogP contribution in [0.2, 0.25) is 0 Å². The summed E-state index contributed by atoms with van der Waals surface area (Å²) in [5.41, 5.74) is -2.30. The second-order valence-electron chi connectivity index (χ2n) is 3.30. The Morgan fingerprint density at radius 2 is 2.11 bits per heavy atom. The third-order valence-corrected chi connectivity index (χ3v) is 2.48. The number of nitriles is 1. The third-order valence-electron chi connectivity index (χ3n) is 2.17. The molecule has 0 aromatic heterocycles. The molecule has 0 saturated heterocycles. The average Bonchev–Trinajstić information content (AvgIpc) is 2.34. The Balaban J connectivity index is 3.62. The zero-order chi connectivity index (χ0) is 13.9. The van der Waals surface area contributed by atoms with Crippen LogP contribution in [-0.2, 0) is 16.8 Å². The summed E-state index contributed by atoms with van der Waals surface area (Å²) in [4.78, 5) is 11.4. The smallest absolute Gasteiger partial charge is 0.417 e. The lowest BCUT2D eigenvalue weighted by atomic mass is 9.98. The number of alkyl halides is 4. The standard InChI is InChI=1S/C11H7ClF3NO2/c1-18-10(17)7-2-6(4-12)3-9(8(7)5-16)11(13,14)15/h2-3H,4H2,1H3. The molecule has 0 saturated carbocycles. The van der Waals surface area contributed by atoms with Gasteiger partial charge in [-0.1, -0.05) is 0 Å². The van der Waals surface area contributed by atoms with Crippen LogP contribution in [0.1, 0.15) is 27.0 Å². The number of carbonyl (C=O) groups excluding carboxylic acids is 1. The molecule has 0 aliphatic rings. The second-order valence-corrected chi connectivity index (χ2v) is 3.57. The predicted molar refractivity (Wildman–Crippen MR) is 57.1 cm³/mol. The van der Waals surface area contributed by atoms with Crippen molar-refractivity contribution in [3.63, 3.8) is 0 Å². The van der Waals surface area contributed by atoms with E-state index in [4.69, 9.17) is 16.9 Å². The number of halogens is 4. The van der Waals surface area contributed by atoms with E-state index in [1.165, 1.54) is 6.07 Å². The zero-order valence-electron chi connectivity index (χ0n) is 9.14. The van der Waals surface area contributed by atoms with E-state index in [-0.39, 0.29) is 11.4 Å². The van der Waals surface area contributed by atoms with Crippen molar-refractivity contribution in [1.82, 2.24) is 0 Å². The van der Waals surface area contributed by atoms with Crippen molar-refractivity contribution in [3.8, 4) is 6.07 Å². The van der Waals surface area contributed by atoms with Gasteiger partial charge in [0, 0.05) is 5.88 Å². The number of hydrogen-bond acceptors (Lipinski definition) is 3. The first kappa shape index (κ1) is 14.3. The van der Waals surface area contributed by atoms with Gasteiger partial charge in [0.05, 0.1) is 23.8 Å². The maximum atomic E-state index is 12.8. The van der Waals surface area contributed by atoms with Gasteiger partial charge in [0.1, 0.15) is 6.07 Å². The van der Waals surface area contributed by atoms with E-state index >= 15 is 0 Å². The highest BCUT2D eigenvalue weighted by molar-refractivity contribution is 6.17. The Bertz CT molecular complexity index is 520. The summed E-state index contributed by atoms with van der Waals surface area (Å²) in [5.74, 6) is -1.22. The Morgan fingerprint density at radius 3 is 2.50 bits per heavy atom. The van der Waals surface area contributed by atoms with Gasteiger partial charge in [-0.2, -0.15) is 18.4 Å². The molecule has 7 heteroatoms. The van der Waals surface area contributed by atoms with Gasteiger partial charge in [-0.05, 0) is 17.7 Å². The molecule has 0 fully saturated rings. The van der Waals surface area contributed by atoms with Gasteiger partial charge in [0.2, 0.25) is 0 Å². The van der Waals surface area contributed by atoms with E-state index < -0.39 is 28.8 Å². The van der Waals surface area contributed by atoms with E-state index in [0.29, 0.717) is 0 Å². The van der Waals surface area contributed by atoms with Crippen LogP contribution in [0.25, 0.3) is 0 Å². The highest BCUT2D eigenvalue weighted by Crippen LogP contribution is 2.34. The van der Waals surface area contributed by atoms with Gasteiger partial charge in [0.15, 0.2) is 0 Å². The van der Waals surface area contributed by atoms with Gasteiger partial charge in [-0.15, -0.1) is 11.6 Å². The van der Waals surface area contributed by atoms with Crippen LogP contribution in [0.3, 0.4) is 0 Å². The van der Waals surface area contributed by atoms with E-state index in [1.54, 1.807) is 0 Å². The summed E-state index contributed by atoms with van der Waals surface area (Å²) >= 11 is 5.46. The van der Waals surface area contributed by atoms with E-state index in [1.807, 2.05) is 0 Å². The lowest BCUT2D eigenvalue weighted by Gasteiger charge is -2.13. The van der Waals surface area contributed by atoms with Crippen molar-refractivity contribution >= 4 is 17.6 Å². The summed E-state index contributed by atoms with van der Waals surface area (Å²) in [6.07, 6.45) is -4.74. The normalized spacial score (nSPS) is 10.9. The summed E-state index contributed by atoms with van der Waals surface area (Å²) in [5, 5.41) is 8.78. The molecule has 0 aliphatic heterocycles. The van der Waals surface area contributed by atoms with Crippen LogP contribution in [0.4, 0.5) is 13.2 Å². The fraction of sp³-hybridized carbons (Fsp3) is 0.273. The Morgan fingerprint density at radius 1 is 1.50 bits per heavy atom. The van der Waals surface area contributed by atoms with Crippen LogP contribution in [0.15, 0.2) is 12.1 Å². The van der Waals surface area contributed by atoms with Crippen LogP contribution >= 0.6 is 11.6 Å². The average molecular weight is 278 g/mol. The van der Waals surface area contributed by atoms with Crippen molar-refractivity contribution in [2.45, 2.75) is 12.1 Å². The molecule has 0 bridgehead atoms. The summed E-state index contributed by atoms with van der Waals surface area (Å²) in [6.45, 7) is 0. The highest BCUT2D eigenvalue weighted by Gasteiger charge is 2.36. The molecule has 0 heterocycles. The quantitative estimate of drug-likeness (QED) is 0.616. The summed E-state index contributed by atoms with van der Waals surface area (Å²) in [7, 11) is 1.02. The Kier molecular flexibility index (Phi) is 4.19. The number of methoxy groups -OCH3 is 1. The minimum Gasteiger partial charge on any atom is -0.465 e. The summed E-state index contributed by atoms with van der Waals surface area (Å²) < 4.78 is 42.6. The summed E-state index contributed by atoms with van der Waals surface area (Å²) in [6, 6.07) is 3.24. The highest BCUT2D eigenvalue weighted by atomic mass is 35.5. The first-order chi connectivity index (χ1) is 8.35. The van der Waals surface area contributed by atoms with E-state index in [9.17, 15) is 18.0 Å². The molecule has 0 aliphatic carbocycles. The maximum absolute atomic E-state index is 12.8. The SMILES string of the molecule is COC(=O)c1cc(CCl)cc(C(F)(F)F)c1C#N. The maximum Gasteiger partial charge on any atom is 0.417 e. The van der Waals surface area contributed by atoms with Crippen molar-refractivity contribution in [1.29, 1.82) is 5.26 Å². The number of esters is 1. The largest absolute Gasteiger partial charge is 0.465 e. The third kappa shape index (κ3) is 2.74. The molecule has 0 spiro atoms. The van der Waals surface area contributed by atoms with Crippen molar-refractivity contribution in [2.75, 3.05) is 7.11 Å². The minimum absolute atomic E-state index is 0.0865. The molecule has 18 heavy (non-hydrogen) atoms. The number of rotatable bonds is 2. The van der Waals surface area contributed by atoms with Gasteiger partial charge in [0.25, 0.3) is 0 Å². The van der Waals surface area contributed by atoms with E-state index in [0.717, 1.165) is 19.2 Å². The lowest BCUT2D eigenvalue weighted by Crippen LogP contribution is -2.14. The van der Waals surface area contributed by atoms with Gasteiger partial charge >= 0.3 is 12.1 Å².